The van der Waals surface area contributed by atoms with Gasteiger partial charge in [0.15, 0.2) is 0 Å². The van der Waals surface area contributed by atoms with Gasteiger partial charge in [-0.3, -0.25) is 0 Å². The van der Waals surface area contributed by atoms with Crippen molar-refractivity contribution < 1.29 is 0 Å². The fourth-order valence-corrected chi connectivity index (χ4v) is 2.29. The van der Waals surface area contributed by atoms with Crippen molar-refractivity contribution in [2.24, 2.45) is 5.84 Å². The number of rotatable bonds is 2. The van der Waals surface area contributed by atoms with Crippen LogP contribution < -0.4 is 16.2 Å². The number of hydrazine groups is 1. The molecule has 0 saturated carbocycles. The quantitative estimate of drug-likeness (QED) is 0.613. The largest absolute Gasteiger partial charge is 0.352 e. The Hall–Kier alpha value is -2.14. The van der Waals surface area contributed by atoms with Crippen molar-refractivity contribution in [2.75, 3.05) is 16.9 Å². The molecule has 3 rings (SSSR count). The van der Waals surface area contributed by atoms with Crippen LogP contribution in [0.2, 0.25) is 0 Å². The number of benzene rings is 1. The second-order valence-corrected chi connectivity index (χ2v) is 4.35. The van der Waals surface area contributed by atoms with Gasteiger partial charge in [0.2, 0.25) is 0 Å². The molecule has 1 aliphatic heterocycles. The molecule has 0 unspecified atom stereocenters. The molecule has 0 saturated heterocycles. The summed E-state index contributed by atoms with van der Waals surface area (Å²) in [5.74, 6) is 6.91. The van der Waals surface area contributed by atoms with Crippen LogP contribution in [-0.4, -0.2) is 16.5 Å². The van der Waals surface area contributed by atoms with Gasteiger partial charge in [0.25, 0.3) is 0 Å². The van der Waals surface area contributed by atoms with Gasteiger partial charge in [0.05, 0.1) is 0 Å². The third-order valence-corrected chi connectivity index (χ3v) is 3.26. The van der Waals surface area contributed by atoms with E-state index in [0.717, 1.165) is 25.3 Å². The summed E-state index contributed by atoms with van der Waals surface area (Å²) >= 11 is 0. The van der Waals surface area contributed by atoms with E-state index in [9.17, 15) is 0 Å². The summed E-state index contributed by atoms with van der Waals surface area (Å²) in [6.07, 6.45) is 2.58. The van der Waals surface area contributed by atoms with E-state index in [4.69, 9.17) is 5.84 Å². The standard InChI is InChI=1S/C13H15N5/c14-17-12-7-13(16-9-15-12)18-6-5-10-3-1-2-4-11(10)8-18/h1-4,7,9H,5-6,8,14H2,(H,15,16,17). The van der Waals surface area contributed by atoms with Crippen LogP contribution in [0.15, 0.2) is 36.7 Å². The lowest BCUT2D eigenvalue weighted by Crippen LogP contribution is -2.31. The molecule has 2 heterocycles. The predicted octanol–water partition coefficient (Wildman–Crippen LogP) is 1.32. The average molecular weight is 241 g/mol. The van der Waals surface area contributed by atoms with Crippen molar-refractivity contribution in [1.29, 1.82) is 0 Å². The molecule has 1 aromatic carbocycles. The number of hydrogen-bond donors (Lipinski definition) is 2. The number of nitrogens with two attached hydrogens (primary N) is 1. The van der Waals surface area contributed by atoms with Gasteiger partial charge in [-0.15, -0.1) is 0 Å². The first-order chi connectivity index (χ1) is 8.86. The van der Waals surface area contributed by atoms with Gasteiger partial charge < -0.3 is 10.3 Å². The van der Waals surface area contributed by atoms with E-state index in [1.807, 2.05) is 6.07 Å². The van der Waals surface area contributed by atoms with E-state index >= 15 is 0 Å². The number of nitrogen functional groups attached to an aromatic ring is 1. The highest BCUT2D eigenvalue weighted by Gasteiger charge is 2.17. The first-order valence-electron chi connectivity index (χ1n) is 5.97. The van der Waals surface area contributed by atoms with E-state index in [2.05, 4.69) is 44.6 Å². The van der Waals surface area contributed by atoms with Crippen molar-refractivity contribution in [3.05, 3.63) is 47.8 Å². The van der Waals surface area contributed by atoms with Gasteiger partial charge in [0.1, 0.15) is 18.0 Å². The summed E-state index contributed by atoms with van der Waals surface area (Å²) in [4.78, 5) is 10.6. The highest BCUT2D eigenvalue weighted by Crippen LogP contribution is 2.23. The summed E-state index contributed by atoms with van der Waals surface area (Å²) in [5.41, 5.74) is 5.34. The van der Waals surface area contributed by atoms with E-state index in [1.165, 1.54) is 17.5 Å². The summed E-state index contributed by atoms with van der Waals surface area (Å²) in [6, 6.07) is 10.4. The first kappa shape index (κ1) is 11.0. The van der Waals surface area contributed by atoms with Crippen molar-refractivity contribution in [3.63, 3.8) is 0 Å². The Morgan fingerprint density at radius 1 is 1.17 bits per heavy atom. The Morgan fingerprint density at radius 3 is 2.83 bits per heavy atom. The number of nitrogens with one attached hydrogen (secondary N) is 1. The van der Waals surface area contributed by atoms with E-state index in [0.29, 0.717) is 5.82 Å². The number of aromatic nitrogens is 2. The molecule has 92 valence electrons. The minimum absolute atomic E-state index is 0.638. The van der Waals surface area contributed by atoms with E-state index < -0.39 is 0 Å². The molecule has 1 aromatic heterocycles. The zero-order valence-electron chi connectivity index (χ0n) is 10.0. The monoisotopic (exact) mass is 241 g/mol. The highest BCUT2D eigenvalue weighted by molar-refractivity contribution is 5.50. The topological polar surface area (TPSA) is 67.1 Å². The molecular weight excluding hydrogens is 226 g/mol. The second kappa shape index (κ2) is 4.62. The molecule has 0 radical (unpaired) electrons. The van der Waals surface area contributed by atoms with Crippen LogP contribution in [0, 0.1) is 0 Å². The van der Waals surface area contributed by atoms with Crippen LogP contribution >= 0.6 is 0 Å². The Morgan fingerprint density at radius 2 is 2.00 bits per heavy atom. The van der Waals surface area contributed by atoms with Gasteiger partial charge in [-0.2, -0.15) is 0 Å². The number of fused-ring (bicyclic) bond motifs is 1. The average Bonchev–Trinajstić information content (AvgIpc) is 2.47. The van der Waals surface area contributed by atoms with Crippen LogP contribution in [0.25, 0.3) is 0 Å². The lowest BCUT2D eigenvalue weighted by molar-refractivity contribution is 0.719. The minimum atomic E-state index is 0.638. The molecule has 0 amide bonds. The maximum absolute atomic E-state index is 5.37. The zero-order valence-corrected chi connectivity index (χ0v) is 10.0. The zero-order chi connectivity index (χ0) is 12.4. The number of anilines is 2. The van der Waals surface area contributed by atoms with Crippen LogP contribution in [0.1, 0.15) is 11.1 Å². The van der Waals surface area contributed by atoms with Crippen molar-refractivity contribution in [3.8, 4) is 0 Å². The number of nitrogens with zero attached hydrogens (tertiary/aromatic N) is 3. The van der Waals surface area contributed by atoms with Gasteiger partial charge >= 0.3 is 0 Å². The van der Waals surface area contributed by atoms with Crippen molar-refractivity contribution >= 4 is 11.6 Å². The Labute approximate surface area is 106 Å². The number of hydrogen-bond acceptors (Lipinski definition) is 5. The van der Waals surface area contributed by atoms with Crippen LogP contribution in [-0.2, 0) is 13.0 Å². The smallest absolute Gasteiger partial charge is 0.145 e. The summed E-state index contributed by atoms with van der Waals surface area (Å²) in [7, 11) is 0. The fraction of sp³-hybridized carbons (Fsp3) is 0.231. The van der Waals surface area contributed by atoms with Crippen molar-refractivity contribution in [1.82, 2.24) is 9.97 Å². The molecule has 1 aliphatic rings. The van der Waals surface area contributed by atoms with Gasteiger partial charge in [0, 0.05) is 19.2 Å². The van der Waals surface area contributed by atoms with Crippen LogP contribution in [0.3, 0.4) is 0 Å². The normalized spacial score (nSPS) is 14.2. The molecule has 0 spiro atoms. The maximum Gasteiger partial charge on any atom is 0.145 e. The highest BCUT2D eigenvalue weighted by atomic mass is 15.3. The van der Waals surface area contributed by atoms with Crippen molar-refractivity contribution in [2.45, 2.75) is 13.0 Å². The third-order valence-electron chi connectivity index (χ3n) is 3.26. The van der Waals surface area contributed by atoms with Gasteiger partial charge in [-0.1, -0.05) is 24.3 Å². The Balaban J connectivity index is 1.87. The van der Waals surface area contributed by atoms with Gasteiger partial charge in [-0.05, 0) is 17.5 Å². The molecule has 5 nitrogen and oxygen atoms in total. The predicted molar refractivity (Wildman–Crippen MR) is 71.0 cm³/mol. The Bertz CT molecular complexity index is 555. The minimum Gasteiger partial charge on any atom is -0.352 e. The molecule has 0 bridgehead atoms. The van der Waals surface area contributed by atoms with E-state index in [-0.39, 0.29) is 0 Å². The summed E-state index contributed by atoms with van der Waals surface area (Å²) < 4.78 is 0. The Kier molecular flexibility index (Phi) is 2.82. The lowest BCUT2D eigenvalue weighted by atomic mass is 10.00. The lowest BCUT2D eigenvalue weighted by Gasteiger charge is -2.29. The summed E-state index contributed by atoms with van der Waals surface area (Å²) in [6.45, 7) is 1.86. The molecule has 0 aliphatic carbocycles. The maximum atomic E-state index is 5.37. The fourth-order valence-electron chi connectivity index (χ4n) is 2.29. The molecule has 5 heteroatoms. The third kappa shape index (κ3) is 2.00. The summed E-state index contributed by atoms with van der Waals surface area (Å²) in [5, 5.41) is 0. The SMILES string of the molecule is NNc1cc(N2CCc3ccccc3C2)ncn1. The molecule has 0 atom stereocenters. The van der Waals surface area contributed by atoms with E-state index in [1.54, 1.807) is 0 Å². The first-order valence-corrected chi connectivity index (χ1v) is 5.97. The van der Waals surface area contributed by atoms with Gasteiger partial charge in [-0.25, -0.2) is 15.8 Å². The molecular formula is C13H15N5. The van der Waals surface area contributed by atoms with Crippen LogP contribution in [0.4, 0.5) is 11.6 Å². The molecule has 3 N–H and O–H groups in total. The second-order valence-electron chi connectivity index (χ2n) is 4.35. The molecule has 18 heavy (non-hydrogen) atoms. The molecule has 2 aromatic rings. The molecule has 0 fully saturated rings. The van der Waals surface area contributed by atoms with Crippen LogP contribution in [0.5, 0.6) is 0 Å².